The lowest BCUT2D eigenvalue weighted by Crippen LogP contribution is -2.49. The molecule has 1 N–H and O–H groups in total. The lowest BCUT2D eigenvalue weighted by Gasteiger charge is -2.36. The molecule has 38 heavy (non-hydrogen) atoms. The Kier molecular flexibility index (Phi) is 7.08. The first-order valence-corrected chi connectivity index (χ1v) is 12.5. The number of hydrogen-bond donors (Lipinski definition) is 1. The van der Waals surface area contributed by atoms with E-state index < -0.39 is 23.8 Å². The molecule has 3 aromatic rings. The van der Waals surface area contributed by atoms with Gasteiger partial charge >= 0.3 is 5.97 Å². The first-order valence-electron chi connectivity index (χ1n) is 12.5. The average molecular weight is 514 g/mol. The Morgan fingerprint density at radius 3 is 1.89 bits per heavy atom. The highest BCUT2D eigenvalue weighted by Crippen LogP contribution is 2.27. The van der Waals surface area contributed by atoms with Gasteiger partial charge in [0.1, 0.15) is 17.5 Å². The van der Waals surface area contributed by atoms with Crippen LogP contribution in [0, 0.1) is 0 Å². The van der Waals surface area contributed by atoms with Crippen LogP contribution in [0.5, 0.6) is 11.5 Å². The van der Waals surface area contributed by atoms with Gasteiger partial charge in [0.15, 0.2) is 0 Å². The number of carbonyl (C=O) groups excluding carboxylic acids is 3. The van der Waals surface area contributed by atoms with E-state index in [-0.39, 0.29) is 29.9 Å². The molecule has 0 unspecified atom stereocenters. The van der Waals surface area contributed by atoms with Crippen molar-refractivity contribution in [1.29, 1.82) is 0 Å². The minimum atomic E-state index is -1.40. The van der Waals surface area contributed by atoms with Gasteiger partial charge in [-0.25, -0.2) is 4.79 Å². The summed E-state index contributed by atoms with van der Waals surface area (Å²) in [5, 5.41) is 9.75. The van der Waals surface area contributed by atoms with Crippen LogP contribution in [0.1, 0.15) is 33.6 Å². The van der Waals surface area contributed by atoms with Gasteiger partial charge in [0, 0.05) is 38.3 Å². The van der Waals surface area contributed by atoms with Crippen molar-refractivity contribution < 1.29 is 29.0 Å². The van der Waals surface area contributed by atoms with Crippen LogP contribution in [-0.2, 0) is 9.59 Å². The predicted octanol–water partition coefficient (Wildman–Crippen LogP) is 3.66. The molecular weight excluding hydrogens is 486 g/mol. The van der Waals surface area contributed by atoms with Gasteiger partial charge in [-0.2, -0.15) is 0 Å². The third-order valence-electron chi connectivity index (χ3n) is 6.87. The molecule has 0 aromatic heterocycles. The van der Waals surface area contributed by atoms with Crippen LogP contribution in [0.4, 0.5) is 5.69 Å². The summed E-state index contributed by atoms with van der Waals surface area (Å²) in [6.45, 7) is 2.24. The molecule has 5 rings (SSSR count). The number of nitrogens with zero attached hydrogens (tertiary/aromatic N) is 3. The molecule has 194 valence electrons. The van der Waals surface area contributed by atoms with Crippen LogP contribution in [0.15, 0.2) is 78.9 Å². The van der Waals surface area contributed by atoms with Crippen LogP contribution < -0.4 is 9.64 Å². The Morgan fingerprint density at radius 1 is 0.763 bits per heavy atom. The number of rotatable bonds is 8. The molecule has 3 aromatic carbocycles. The maximum Gasteiger partial charge on any atom is 0.326 e. The first kappa shape index (κ1) is 25.0. The van der Waals surface area contributed by atoms with Crippen molar-refractivity contribution in [3.63, 3.8) is 0 Å². The molecule has 0 radical (unpaired) electrons. The molecule has 9 heteroatoms. The Balaban J connectivity index is 1.14. The van der Waals surface area contributed by atoms with Crippen molar-refractivity contribution >= 4 is 29.4 Å². The van der Waals surface area contributed by atoms with E-state index in [1.165, 1.54) is 12.1 Å². The van der Waals surface area contributed by atoms with E-state index >= 15 is 0 Å². The number of aliphatic carboxylic acids is 1. The van der Waals surface area contributed by atoms with E-state index in [0.29, 0.717) is 26.2 Å². The summed E-state index contributed by atoms with van der Waals surface area (Å²) in [6.07, 6.45) is -0.210. The number of hydrogen-bond acceptors (Lipinski definition) is 6. The van der Waals surface area contributed by atoms with Gasteiger partial charge in [0.2, 0.25) is 5.91 Å². The highest BCUT2D eigenvalue weighted by molar-refractivity contribution is 6.22. The molecule has 2 aliphatic heterocycles. The van der Waals surface area contributed by atoms with E-state index in [0.717, 1.165) is 22.1 Å². The van der Waals surface area contributed by atoms with E-state index in [9.17, 15) is 24.3 Å². The van der Waals surface area contributed by atoms with Crippen LogP contribution in [0.2, 0.25) is 0 Å². The number of fused-ring (bicyclic) bond motifs is 1. The fraction of sp³-hybridized carbons (Fsp3) is 0.241. The minimum Gasteiger partial charge on any atom is -0.480 e. The van der Waals surface area contributed by atoms with Crippen molar-refractivity contribution in [3.8, 4) is 11.5 Å². The van der Waals surface area contributed by atoms with Crippen molar-refractivity contribution in [2.24, 2.45) is 0 Å². The Morgan fingerprint density at radius 2 is 1.32 bits per heavy atom. The van der Waals surface area contributed by atoms with Crippen LogP contribution >= 0.6 is 0 Å². The highest BCUT2D eigenvalue weighted by Gasteiger charge is 2.42. The lowest BCUT2D eigenvalue weighted by molar-refractivity contribution is -0.142. The van der Waals surface area contributed by atoms with Crippen molar-refractivity contribution in [2.45, 2.75) is 18.9 Å². The van der Waals surface area contributed by atoms with E-state index in [2.05, 4.69) is 4.90 Å². The molecule has 0 bridgehead atoms. The number of imide groups is 1. The van der Waals surface area contributed by atoms with E-state index in [4.69, 9.17) is 4.74 Å². The van der Waals surface area contributed by atoms with Crippen LogP contribution in [0.3, 0.4) is 0 Å². The lowest BCUT2D eigenvalue weighted by atomic mass is 10.1. The van der Waals surface area contributed by atoms with Crippen molar-refractivity contribution in [2.75, 3.05) is 31.1 Å². The first-order chi connectivity index (χ1) is 18.4. The highest BCUT2D eigenvalue weighted by atomic mass is 16.5. The second kappa shape index (κ2) is 10.8. The summed E-state index contributed by atoms with van der Waals surface area (Å²) in [6, 6.07) is 22.2. The number of benzene rings is 3. The molecule has 0 aliphatic carbocycles. The number of carbonyl (C=O) groups is 4. The molecule has 1 fully saturated rings. The van der Waals surface area contributed by atoms with Gasteiger partial charge < -0.3 is 19.6 Å². The van der Waals surface area contributed by atoms with E-state index in [1.54, 1.807) is 17.0 Å². The molecule has 0 saturated carbocycles. The standard InChI is InChI=1S/C29H27N3O6/c33-26(15-14-25(29(36)37)32-27(34)23-8-4-5-9-24(23)28(32)35)31-18-16-30(17-19-31)20-10-12-22(13-11-20)38-21-6-2-1-3-7-21/h1-13,25H,14-19H2,(H,36,37)/t25-/m0/s1. The Hall–Kier alpha value is -4.66. The molecular formula is C29H27N3O6. The minimum absolute atomic E-state index is 0.0735. The fourth-order valence-electron chi connectivity index (χ4n) is 4.84. The second-order valence-electron chi connectivity index (χ2n) is 9.20. The summed E-state index contributed by atoms with van der Waals surface area (Å²) in [5.41, 5.74) is 1.39. The molecule has 9 nitrogen and oxygen atoms in total. The number of carboxylic acid groups (broad SMARTS) is 1. The number of ether oxygens (including phenoxy) is 1. The Labute approximate surface area is 219 Å². The second-order valence-corrected chi connectivity index (χ2v) is 9.20. The summed E-state index contributed by atoms with van der Waals surface area (Å²) < 4.78 is 5.84. The van der Waals surface area contributed by atoms with Gasteiger partial charge in [-0.05, 0) is 55.0 Å². The Bertz CT molecular complexity index is 1320. The number of para-hydroxylation sites is 1. The van der Waals surface area contributed by atoms with Crippen molar-refractivity contribution in [1.82, 2.24) is 9.80 Å². The zero-order chi connectivity index (χ0) is 26.6. The maximum atomic E-state index is 12.9. The maximum absolute atomic E-state index is 12.9. The predicted molar refractivity (Wildman–Crippen MR) is 139 cm³/mol. The van der Waals surface area contributed by atoms with Crippen LogP contribution in [0.25, 0.3) is 0 Å². The topological polar surface area (TPSA) is 107 Å². The molecule has 3 amide bonds. The summed E-state index contributed by atoms with van der Waals surface area (Å²) >= 11 is 0. The van der Waals surface area contributed by atoms with Gasteiger partial charge in [-0.15, -0.1) is 0 Å². The molecule has 1 atom stereocenters. The van der Waals surface area contributed by atoms with E-state index in [1.807, 2.05) is 54.6 Å². The quantitative estimate of drug-likeness (QED) is 0.458. The zero-order valence-electron chi connectivity index (χ0n) is 20.7. The normalized spacial score (nSPS) is 15.8. The third kappa shape index (κ3) is 5.08. The smallest absolute Gasteiger partial charge is 0.326 e. The van der Waals surface area contributed by atoms with Crippen molar-refractivity contribution in [3.05, 3.63) is 90.0 Å². The average Bonchev–Trinajstić information content (AvgIpc) is 3.19. The summed E-state index contributed by atoms with van der Waals surface area (Å²) in [7, 11) is 0. The van der Waals surface area contributed by atoms with Gasteiger partial charge in [0.25, 0.3) is 11.8 Å². The molecule has 0 spiro atoms. The third-order valence-corrected chi connectivity index (χ3v) is 6.87. The largest absolute Gasteiger partial charge is 0.480 e. The molecule has 1 saturated heterocycles. The SMILES string of the molecule is O=C(O)[C@H](CCC(=O)N1CCN(c2ccc(Oc3ccccc3)cc2)CC1)N1C(=O)c2ccccc2C1=O. The number of piperazine rings is 1. The monoisotopic (exact) mass is 513 g/mol. The summed E-state index contributed by atoms with van der Waals surface area (Å²) in [4.78, 5) is 54.9. The van der Waals surface area contributed by atoms with Gasteiger partial charge in [-0.3, -0.25) is 19.3 Å². The van der Waals surface area contributed by atoms with Gasteiger partial charge in [0.05, 0.1) is 11.1 Å². The van der Waals surface area contributed by atoms with Gasteiger partial charge in [-0.1, -0.05) is 30.3 Å². The molecule has 2 aliphatic rings. The number of anilines is 1. The number of amides is 3. The fourth-order valence-corrected chi connectivity index (χ4v) is 4.84. The van der Waals surface area contributed by atoms with Crippen LogP contribution in [-0.4, -0.2) is 70.8 Å². The zero-order valence-corrected chi connectivity index (χ0v) is 20.7. The summed E-state index contributed by atoms with van der Waals surface area (Å²) in [5.74, 6) is -1.28. The molecule has 2 heterocycles. The number of carboxylic acids is 1.